The Morgan fingerprint density at radius 1 is 1.24 bits per heavy atom. The molecule has 0 saturated heterocycles. The van der Waals surface area contributed by atoms with E-state index in [0.29, 0.717) is 27.8 Å². The number of carbonyl (C=O) groups is 1. The molecule has 3 aromatic rings. The van der Waals surface area contributed by atoms with Gasteiger partial charge < -0.3 is 15.2 Å². The third kappa shape index (κ3) is 3.56. The predicted octanol–water partition coefficient (Wildman–Crippen LogP) is 2.81. The van der Waals surface area contributed by atoms with Crippen LogP contribution in [0.4, 0.5) is 0 Å². The highest BCUT2D eigenvalue weighted by Gasteiger charge is 2.21. The van der Waals surface area contributed by atoms with Gasteiger partial charge >= 0.3 is 0 Å². The normalized spacial score (nSPS) is 10.5. The maximum absolute atomic E-state index is 11.6. The van der Waals surface area contributed by atoms with Crippen molar-refractivity contribution in [1.29, 1.82) is 0 Å². The molecule has 3 N–H and O–H groups in total. The molecule has 3 rings (SSSR count). The molecule has 0 spiro atoms. The molecule has 0 saturated carbocycles. The molecule has 1 aromatic heterocycles. The van der Waals surface area contributed by atoms with Crippen LogP contribution in [-0.4, -0.2) is 28.4 Å². The van der Waals surface area contributed by atoms with E-state index < -0.39 is 5.91 Å². The summed E-state index contributed by atoms with van der Waals surface area (Å²) in [5, 5.41) is 10.8. The molecule has 0 fully saturated rings. The number of carbonyl (C=O) groups excluding carboxylic acids is 1. The average molecular weight is 359 g/mol. The minimum Gasteiger partial charge on any atom is -0.493 e. The summed E-state index contributed by atoms with van der Waals surface area (Å²) in [5.74, 6) is 0.242. The Labute approximate surface area is 148 Å². The van der Waals surface area contributed by atoms with Crippen molar-refractivity contribution < 1.29 is 14.3 Å². The van der Waals surface area contributed by atoms with Gasteiger partial charge in [0.15, 0.2) is 17.2 Å². The number of halogens is 1. The van der Waals surface area contributed by atoms with Crippen LogP contribution in [-0.2, 0) is 6.61 Å². The number of hydrogen-bond donors (Lipinski definition) is 2. The van der Waals surface area contributed by atoms with Crippen LogP contribution in [0.25, 0.3) is 11.3 Å². The Balaban J connectivity index is 1.99. The number of nitrogens with two attached hydrogens (primary N) is 1. The minimum atomic E-state index is -0.688. The predicted molar refractivity (Wildman–Crippen MR) is 92.7 cm³/mol. The lowest BCUT2D eigenvalue weighted by Gasteiger charge is -2.14. The number of methoxy groups -OCH3 is 1. The van der Waals surface area contributed by atoms with Crippen LogP contribution in [0.15, 0.2) is 42.5 Å². The SMILES string of the molecule is COc1cccc(-c2n[nH]nc2C(N)=O)c1OCc1cccc(Cl)c1. The number of amides is 1. The Bertz CT molecular complexity index is 910. The number of benzene rings is 2. The first-order valence-corrected chi connectivity index (χ1v) is 7.73. The van der Waals surface area contributed by atoms with Crippen molar-refractivity contribution in [2.24, 2.45) is 5.73 Å². The molecule has 128 valence electrons. The van der Waals surface area contributed by atoms with Crippen LogP contribution in [0.1, 0.15) is 16.1 Å². The number of aromatic amines is 1. The summed E-state index contributed by atoms with van der Waals surface area (Å²) >= 11 is 6.00. The fourth-order valence-corrected chi connectivity index (χ4v) is 2.60. The molecule has 1 heterocycles. The van der Waals surface area contributed by atoms with Gasteiger partial charge in [-0.15, -0.1) is 0 Å². The number of ether oxygens (including phenoxy) is 2. The fourth-order valence-electron chi connectivity index (χ4n) is 2.38. The molecule has 2 aromatic carbocycles. The van der Waals surface area contributed by atoms with Crippen molar-refractivity contribution in [3.63, 3.8) is 0 Å². The van der Waals surface area contributed by atoms with Gasteiger partial charge in [0.2, 0.25) is 0 Å². The first kappa shape index (κ1) is 16.8. The summed E-state index contributed by atoms with van der Waals surface area (Å²) < 4.78 is 11.3. The Kier molecular flexibility index (Phi) is 4.85. The minimum absolute atomic E-state index is 0.0286. The average Bonchev–Trinajstić information content (AvgIpc) is 3.09. The molecule has 0 aliphatic carbocycles. The van der Waals surface area contributed by atoms with E-state index in [1.807, 2.05) is 18.2 Å². The van der Waals surface area contributed by atoms with Crippen molar-refractivity contribution in [3.8, 4) is 22.8 Å². The highest BCUT2D eigenvalue weighted by atomic mass is 35.5. The summed E-state index contributed by atoms with van der Waals surface area (Å²) in [6, 6.07) is 12.6. The van der Waals surface area contributed by atoms with Crippen LogP contribution >= 0.6 is 11.6 Å². The number of nitrogens with one attached hydrogen (secondary N) is 1. The second-order valence-electron chi connectivity index (χ2n) is 5.14. The lowest BCUT2D eigenvalue weighted by atomic mass is 10.1. The van der Waals surface area contributed by atoms with E-state index in [0.717, 1.165) is 5.56 Å². The van der Waals surface area contributed by atoms with Crippen molar-refractivity contribution in [2.75, 3.05) is 7.11 Å². The van der Waals surface area contributed by atoms with Crippen LogP contribution in [0.2, 0.25) is 5.02 Å². The van der Waals surface area contributed by atoms with Crippen LogP contribution in [0.5, 0.6) is 11.5 Å². The third-order valence-corrected chi connectivity index (χ3v) is 3.74. The van der Waals surface area contributed by atoms with Gasteiger partial charge in [-0.1, -0.05) is 29.8 Å². The molecule has 0 bridgehead atoms. The van der Waals surface area contributed by atoms with E-state index in [1.54, 1.807) is 24.3 Å². The number of rotatable bonds is 6. The van der Waals surface area contributed by atoms with Gasteiger partial charge in [-0.2, -0.15) is 15.4 Å². The second-order valence-corrected chi connectivity index (χ2v) is 5.58. The Hall–Kier alpha value is -3.06. The Morgan fingerprint density at radius 2 is 2.04 bits per heavy atom. The zero-order valence-electron chi connectivity index (χ0n) is 13.3. The maximum atomic E-state index is 11.6. The first-order valence-electron chi connectivity index (χ1n) is 7.35. The largest absolute Gasteiger partial charge is 0.493 e. The summed E-state index contributed by atoms with van der Waals surface area (Å²) in [6.45, 7) is 0.262. The lowest BCUT2D eigenvalue weighted by Crippen LogP contribution is -2.13. The van der Waals surface area contributed by atoms with E-state index in [-0.39, 0.29) is 12.3 Å². The van der Waals surface area contributed by atoms with Crippen LogP contribution < -0.4 is 15.2 Å². The smallest absolute Gasteiger partial charge is 0.271 e. The van der Waals surface area contributed by atoms with E-state index in [9.17, 15) is 4.79 Å². The topological polar surface area (TPSA) is 103 Å². The van der Waals surface area contributed by atoms with Gasteiger partial charge in [-0.3, -0.25) is 4.79 Å². The van der Waals surface area contributed by atoms with Gasteiger partial charge in [-0.25, -0.2) is 0 Å². The monoisotopic (exact) mass is 358 g/mol. The van der Waals surface area contributed by atoms with Gasteiger partial charge in [0, 0.05) is 5.02 Å². The number of nitrogens with zero attached hydrogens (tertiary/aromatic N) is 2. The first-order chi connectivity index (χ1) is 12.1. The fraction of sp³-hybridized carbons (Fsp3) is 0.118. The highest BCUT2D eigenvalue weighted by Crippen LogP contribution is 2.38. The van der Waals surface area contributed by atoms with Crippen molar-refractivity contribution in [2.45, 2.75) is 6.61 Å². The van der Waals surface area contributed by atoms with Crippen LogP contribution in [0, 0.1) is 0 Å². The zero-order chi connectivity index (χ0) is 17.8. The maximum Gasteiger partial charge on any atom is 0.271 e. The number of para-hydroxylation sites is 1. The van der Waals surface area contributed by atoms with E-state index >= 15 is 0 Å². The summed E-state index contributed by atoms with van der Waals surface area (Å²) in [4.78, 5) is 11.6. The second kappa shape index (κ2) is 7.23. The highest BCUT2D eigenvalue weighted by molar-refractivity contribution is 6.30. The van der Waals surface area contributed by atoms with E-state index in [2.05, 4.69) is 15.4 Å². The zero-order valence-corrected chi connectivity index (χ0v) is 14.1. The molecule has 25 heavy (non-hydrogen) atoms. The lowest BCUT2D eigenvalue weighted by molar-refractivity contribution is 0.0996. The molecule has 0 radical (unpaired) electrons. The number of H-pyrrole nitrogens is 1. The van der Waals surface area contributed by atoms with Crippen molar-refractivity contribution in [1.82, 2.24) is 15.4 Å². The molecular weight excluding hydrogens is 344 g/mol. The molecule has 0 atom stereocenters. The third-order valence-electron chi connectivity index (χ3n) is 3.51. The molecular formula is C17H15ClN4O3. The molecule has 0 aliphatic heterocycles. The van der Waals surface area contributed by atoms with Gasteiger partial charge in [0.1, 0.15) is 12.3 Å². The van der Waals surface area contributed by atoms with Gasteiger partial charge in [0.25, 0.3) is 5.91 Å². The van der Waals surface area contributed by atoms with E-state index in [4.69, 9.17) is 26.8 Å². The number of primary amides is 1. The van der Waals surface area contributed by atoms with Gasteiger partial charge in [-0.05, 0) is 29.8 Å². The molecule has 8 heteroatoms. The van der Waals surface area contributed by atoms with E-state index in [1.165, 1.54) is 7.11 Å². The number of hydrogen-bond acceptors (Lipinski definition) is 5. The quantitative estimate of drug-likeness (QED) is 0.705. The van der Waals surface area contributed by atoms with Gasteiger partial charge in [0.05, 0.1) is 12.7 Å². The standard InChI is InChI=1S/C17H15ClN4O3/c1-24-13-7-3-6-12(14-15(17(19)23)21-22-20-14)16(13)25-9-10-4-2-5-11(18)8-10/h2-8H,9H2,1H3,(H2,19,23)(H,20,21,22). The van der Waals surface area contributed by atoms with Crippen LogP contribution in [0.3, 0.4) is 0 Å². The summed E-state index contributed by atoms with van der Waals surface area (Å²) in [7, 11) is 1.53. The Morgan fingerprint density at radius 3 is 2.76 bits per heavy atom. The molecule has 7 nitrogen and oxygen atoms in total. The number of aromatic nitrogens is 3. The summed E-state index contributed by atoms with van der Waals surface area (Å²) in [6.07, 6.45) is 0. The van der Waals surface area contributed by atoms with Crippen molar-refractivity contribution in [3.05, 3.63) is 58.7 Å². The summed E-state index contributed by atoms with van der Waals surface area (Å²) in [5.41, 5.74) is 7.11. The molecule has 0 aliphatic rings. The molecule has 0 unspecified atom stereocenters. The van der Waals surface area contributed by atoms with Crippen molar-refractivity contribution >= 4 is 17.5 Å². The molecule has 1 amide bonds.